The van der Waals surface area contributed by atoms with Gasteiger partial charge in [0, 0.05) is 50.3 Å². The summed E-state index contributed by atoms with van der Waals surface area (Å²) in [7, 11) is 0. The van der Waals surface area contributed by atoms with Crippen molar-refractivity contribution in [1.29, 1.82) is 0 Å². The number of piperidine rings is 1. The van der Waals surface area contributed by atoms with Gasteiger partial charge in [-0.15, -0.1) is 0 Å². The van der Waals surface area contributed by atoms with Crippen LogP contribution < -0.4 is 10.9 Å². The number of aromatic nitrogens is 2. The molecule has 41 heavy (non-hydrogen) atoms. The summed E-state index contributed by atoms with van der Waals surface area (Å²) < 4.78 is 1.99. The van der Waals surface area contributed by atoms with Gasteiger partial charge in [0.2, 0.25) is 0 Å². The molecule has 5 atom stereocenters. The third-order valence-corrected chi connectivity index (χ3v) is 10.2. The maximum absolute atomic E-state index is 13.9. The smallest absolute Gasteiger partial charge is 0.308 e. The Bertz CT molecular complexity index is 1290. The van der Waals surface area contributed by atoms with Crippen LogP contribution in [-0.4, -0.2) is 85.8 Å². The van der Waals surface area contributed by atoms with Crippen LogP contribution in [0, 0.1) is 11.8 Å². The number of fused-ring (bicyclic) bond motifs is 3. The molecule has 0 spiro atoms. The molecule has 2 bridgehead atoms. The highest BCUT2D eigenvalue weighted by Gasteiger charge is 2.45. The maximum Gasteiger partial charge on any atom is 0.308 e. The average molecular weight is 566 g/mol. The van der Waals surface area contributed by atoms with Gasteiger partial charge in [0.25, 0.3) is 5.56 Å². The average Bonchev–Trinajstić information content (AvgIpc) is 3.47. The Morgan fingerprint density at radius 2 is 1.44 bits per heavy atom. The van der Waals surface area contributed by atoms with Crippen molar-refractivity contribution in [2.24, 2.45) is 11.8 Å². The van der Waals surface area contributed by atoms with Crippen LogP contribution in [-0.2, 0) is 9.59 Å². The molecular formula is C31H43N5O5. The molecule has 3 saturated heterocycles. The summed E-state index contributed by atoms with van der Waals surface area (Å²) in [6.45, 7) is 1.19. The number of nitrogens with zero attached hydrogens (tertiary/aromatic N) is 4. The van der Waals surface area contributed by atoms with Crippen LogP contribution in [0.5, 0.6) is 0 Å². The lowest BCUT2D eigenvalue weighted by Gasteiger charge is -2.45. The zero-order valence-corrected chi connectivity index (χ0v) is 23.8. The number of carboxylic acids is 2. The van der Waals surface area contributed by atoms with Crippen molar-refractivity contribution in [3.63, 3.8) is 0 Å². The minimum absolute atomic E-state index is 0.110. The van der Waals surface area contributed by atoms with Crippen LogP contribution in [0.3, 0.4) is 0 Å². The second-order valence-electron chi connectivity index (χ2n) is 12.7. The number of nitrogens with one attached hydrogen (secondary N) is 1. The van der Waals surface area contributed by atoms with Crippen molar-refractivity contribution >= 4 is 28.8 Å². The van der Waals surface area contributed by atoms with Gasteiger partial charge < -0.3 is 20.1 Å². The standard InChI is InChI=1S/C31H43N5O5/c37-29-28(32-14-15-34-18-24(30(38)39)25(19-34)31(40)41)33-26-10-6-7-11-27(26)36(29)23-16-21-12-13-22(17-23)35(21)20-8-4-2-1-3-5-9-20/h6-7,10-11,20-25H,1-5,8-9,12-19H2,(H,32,33)(H,38,39)(H,40,41)/t21-,22?,23?,24+,25+/m0/s1. The molecule has 0 amide bonds. The minimum Gasteiger partial charge on any atom is -0.481 e. The first-order chi connectivity index (χ1) is 19.9. The highest BCUT2D eigenvalue weighted by molar-refractivity contribution is 5.81. The Hall–Kier alpha value is -2.98. The lowest BCUT2D eigenvalue weighted by Crippen LogP contribution is -2.50. The number of likely N-dealkylation sites (tertiary alicyclic amines) is 1. The fourth-order valence-corrected chi connectivity index (χ4v) is 8.26. The quantitative estimate of drug-likeness (QED) is 0.438. The zero-order chi connectivity index (χ0) is 28.5. The number of para-hydroxylation sites is 2. The second-order valence-corrected chi connectivity index (χ2v) is 12.7. The molecule has 2 unspecified atom stereocenters. The number of hydrogen-bond donors (Lipinski definition) is 3. The Kier molecular flexibility index (Phi) is 8.30. The molecule has 4 heterocycles. The number of rotatable bonds is 8. The van der Waals surface area contributed by atoms with E-state index in [4.69, 9.17) is 0 Å². The predicted molar refractivity (Wildman–Crippen MR) is 156 cm³/mol. The highest BCUT2D eigenvalue weighted by Crippen LogP contribution is 2.44. The van der Waals surface area contributed by atoms with Gasteiger partial charge in [-0.2, -0.15) is 0 Å². The van der Waals surface area contributed by atoms with Crippen LogP contribution in [0.15, 0.2) is 29.1 Å². The Morgan fingerprint density at radius 3 is 2.07 bits per heavy atom. The van der Waals surface area contributed by atoms with Gasteiger partial charge in [0.1, 0.15) is 0 Å². The molecule has 1 aliphatic carbocycles. The molecule has 4 fully saturated rings. The molecule has 10 heteroatoms. The van der Waals surface area contributed by atoms with E-state index in [0.717, 1.165) is 23.9 Å². The zero-order valence-electron chi connectivity index (χ0n) is 23.8. The van der Waals surface area contributed by atoms with E-state index in [2.05, 4.69) is 15.2 Å². The van der Waals surface area contributed by atoms with Gasteiger partial charge >= 0.3 is 11.9 Å². The van der Waals surface area contributed by atoms with Crippen LogP contribution in [0.4, 0.5) is 5.82 Å². The number of carboxylic acid groups (broad SMARTS) is 2. The maximum atomic E-state index is 13.9. The molecule has 3 N–H and O–H groups in total. The summed E-state index contributed by atoms with van der Waals surface area (Å²) in [5.41, 5.74) is 1.54. The summed E-state index contributed by atoms with van der Waals surface area (Å²) >= 11 is 0. The summed E-state index contributed by atoms with van der Waals surface area (Å²) in [6, 6.07) is 9.72. The fraction of sp³-hybridized carbons (Fsp3) is 0.677. The van der Waals surface area contributed by atoms with Gasteiger partial charge in [-0.05, 0) is 50.7 Å². The molecular weight excluding hydrogens is 522 g/mol. The van der Waals surface area contributed by atoms with Crippen molar-refractivity contribution in [3.8, 4) is 0 Å². The van der Waals surface area contributed by atoms with Crippen molar-refractivity contribution in [2.45, 2.75) is 94.8 Å². The summed E-state index contributed by atoms with van der Waals surface area (Å²) in [4.78, 5) is 46.4. The first-order valence-corrected chi connectivity index (χ1v) is 15.6. The molecule has 6 rings (SSSR count). The number of hydrogen-bond acceptors (Lipinski definition) is 7. The molecule has 3 aliphatic heterocycles. The normalized spacial score (nSPS) is 29.8. The Morgan fingerprint density at radius 1 is 0.829 bits per heavy atom. The van der Waals surface area contributed by atoms with Crippen molar-refractivity contribution in [2.75, 3.05) is 31.5 Å². The first kappa shape index (κ1) is 28.2. The SMILES string of the molecule is O=C(O)[C@@H]1CN(CCNc2nc3ccccc3n(C3CC4CC[C@@H](C3)N4C3CCCCCCC3)c2=O)C[C@H]1C(=O)O. The molecule has 0 radical (unpaired) electrons. The van der Waals surface area contributed by atoms with Gasteiger partial charge in [-0.1, -0.05) is 44.2 Å². The third-order valence-electron chi connectivity index (χ3n) is 10.2. The van der Waals surface area contributed by atoms with Crippen LogP contribution in [0.2, 0.25) is 0 Å². The predicted octanol–water partition coefficient (Wildman–Crippen LogP) is 3.81. The van der Waals surface area contributed by atoms with Crippen molar-refractivity contribution in [3.05, 3.63) is 34.6 Å². The molecule has 10 nitrogen and oxygen atoms in total. The third kappa shape index (κ3) is 5.73. The Labute approximate surface area is 240 Å². The summed E-state index contributed by atoms with van der Waals surface area (Å²) in [5, 5.41) is 22.1. The van der Waals surface area contributed by atoms with Gasteiger partial charge in [0.15, 0.2) is 5.82 Å². The van der Waals surface area contributed by atoms with E-state index >= 15 is 0 Å². The number of benzene rings is 1. The van der Waals surface area contributed by atoms with E-state index in [1.807, 2.05) is 33.7 Å². The van der Waals surface area contributed by atoms with Gasteiger partial charge in [-0.3, -0.25) is 24.2 Å². The van der Waals surface area contributed by atoms with Crippen LogP contribution in [0.1, 0.15) is 76.7 Å². The van der Waals surface area contributed by atoms with Crippen LogP contribution >= 0.6 is 0 Å². The van der Waals surface area contributed by atoms with Crippen molar-refractivity contribution in [1.82, 2.24) is 19.4 Å². The van der Waals surface area contributed by atoms with Crippen LogP contribution in [0.25, 0.3) is 11.0 Å². The van der Waals surface area contributed by atoms with E-state index in [9.17, 15) is 24.6 Å². The molecule has 4 aliphatic rings. The molecule has 2 aromatic rings. The minimum atomic E-state index is -1.08. The molecule has 1 aromatic carbocycles. The molecule has 222 valence electrons. The number of anilines is 1. The topological polar surface area (TPSA) is 128 Å². The van der Waals surface area contributed by atoms with Gasteiger partial charge in [-0.25, -0.2) is 4.98 Å². The lowest BCUT2D eigenvalue weighted by atomic mass is 9.89. The highest BCUT2D eigenvalue weighted by atomic mass is 16.4. The van der Waals surface area contributed by atoms with E-state index in [1.54, 1.807) is 0 Å². The summed E-state index contributed by atoms with van der Waals surface area (Å²) in [5.74, 6) is -3.70. The largest absolute Gasteiger partial charge is 0.481 e. The Balaban J connectivity index is 1.18. The number of carbonyl (C=O) groups is 2. The van der Waals surface area contributed by atoms with E-state index in [1.165, 1.54) is 57.8 Å². The summed E-state index contributed by atoms with van der Waals surface area (Å²) in [6.07, 6.45) is 13.8. The monoisotopic (exact) mass is 565 g/mol. The van der Waals surface area contributed by atoms with Gasteiger partial charge in [0.05, 0.1) is 22.9 Å². The van der Waals surface area contributed by atoms with E-state index in [0.29, 0.717) is 37.0 Å². The fourth-order valence-electron chi connectivity index (χ4n) is 8.26. The number of aliphatic carboxylic acids is 2. The first-order valence-electron chi connectivity index (χ1n) is 15.6. The van der Waals surface area contributed by atoms with E-state index < -0.39 is 23.8 Å². The second kappa shape index (κ2) is 12.1. The molecule has 1 aromatic heterocycles. The molecule has 1 saturated carbocycles. The van der Waals surface area contributed by atoms with Crippen molar-refractivity contribution < 1.29 is 19.8 Å². The van der Waals surface area contributed by atoms with E-state index in [-0.39, 0.29) is 24.7 Å². The lowest BCUT2D eigenvalue weighted by molar-refractivity contribution is -0.151.